The molecule has 3 aromatic rings. The molecule has 3 rings (SSSR count). The Morgan fingerprint density at radius 2 is 2.08 bits per heavy atom. The second kappa shape index (κ2) is 7.39. The highest BCUT2D eigenvalue weighted by Crippen LogP contribution is 2.35. The van der Waals surface area contributed by atoms with E-state index < -0.39 is 0 Å². The maximum atomic E-state index is 14.2. The summed E-state index contributed by atoms with van der Waals surface area (Å²) in [4.78, 5) is 13.1. The minimum absolute atomic E-state index is 0.139. The van der Waals surface area contributed by atoms with Gasteiger partial charge in [-0.3, -0.25) is 4.79 Å². The zero-order chi connectivity index (χ0) is 18.0. The number of nitrogens with one attached hydrogen (secondary N) is 1. The highest BCUT2D eigenvalue weighted by molar-refractivity contribution is 7.21. The van der Waals surface area contributed by atoms with Crippen molar-refractivity contribution >= 4 is 44.6 Å². The quantitative estimate of drug-likeness (QED) is 0.670. The highest BCUT2D eigenvalue weighted by atomic mass is 35.5. The number of methoxy groups -OCH3 is 2. The predicted octanol–water partition coefficient (Wildman–Crippen LogP) is 5.10. The molecule has 0 aliphatic carbocycles. The first-order chi connectivity index (χ1) is 12.0. The van der Waals surface area contributed by atoms with Crippen LogP contribution >= 0.6 is 22.9 Å². The Bertz CT molecular complexity index is 941. The van der Waals surface area contributed by atoms with Gasteiger partial charge in [-0.05, 0) is 24.3 Å². The number of carbonyl (C=O) groups is 1. The summed E-state index contributed by atoms with van der Waals surface area (Å²) in [5, 5.41) is 3.53. The van der Waals surface area contributed by atoms with Crippen molar-refractivity contribution in [2.75, 3.05) is 19.5 Å². The van der Waals surface area contributed by atoms with E-state index in [1.165, 1.54) is 31.6 Å². The molecule has 0 bridgehead atoms. The number of anilines is 1. The number of halogens is 2. The third-order valence-electron chi connectivity index (χ3n) is 3.68. The van der Waals surface area contributed by atoms with E-state index >= 15 is 0 Å². The average Bonchev–Trinajstić information content (AvgIpc) is 2.97. The molecule has 1 amide bonds. The van der Waals surface area contributed by atoms with Crippen molar-refractivity contribution < 1.29 is 18.7 Å². The molecule has 0 saturated heterocycles. The van der Waals surface area contributed by atoms with Gasteiger partial charge in [0.05, 0.1) is 29.3 Å². The van der Waals surface area contributed by atoms with E-state index in [4.69, 9.17) is 21.1 Å². The van der Waals surface area contributed by atoms with Gasteiger partial charge in [0.25, 0.3) is 5.91 Å². The molecule has 0 saturated carbocycles. The fraction of sp³-hybridized carbons (Fsp3) is 0.167. The SMILES string of the molecule is COCc1c(C(=O)Nc2ccc(OC)cc2Cl)sc2cccc(F)c12. The van der Waals surface area contributed by atoms with Crippen LogP contribution < -0.4 is 10.1 Å². The molecule has 0 atom stereocenters. The summed E-state index contributed by atoms with van der Waals surface area (Å²) in [5.41, 5.74) is 0.983. The van der Waals surface area contributed by atoms with Gasteiger partial charge in [0, 0.05) is 28.8 Å². The van der Waals surface area contributed by atoms with Crippen LogP contribution in [0.3, 0.4) is 0 Å². The van der Waals surface area contributed by atoms with E-state index in [-0.39, 0.29) is 18.3 Å². The van der Waals surface area contributed by atoms with Crippen molar-refractivity contribution in [1.29, 1.82) is 0 Å². The minimum atomic E-state index is -0.373. The number of ether oxygens (including phenoxy) is 2. The van der Waals surface area contributed by atoms with Crippen molar-refractivity contribution in [2.24, 2.45) is 0 Å². The van der Waals surface area contributed by atoms with E-state index in [0.717, 1.165) is 0 Å². The average molecular weight is 380 g/mol. The molecule has 1 N–H and O–H groups in total. The summed E-state index contributed by atoms with van der Waals surface area (Å²) in [6.07, 6.45) is 0. The molecule has 1 heterocycles. The maximum absolute atomic E-state index is 14.2. The van der Waals surface area contributed by atoms with Gasteiger partial charge < -0.3 is 14.8 Å². The molecular formula is C18H15ClFNO3S. The number of amides is 1. The molecule has 2 aromatic carbocycles. The third-order valence-corrected chi connectivity index (χ3v) is 5.19. The van der Waals surface area contributed by atoms with Crippen molar-refractivity contribution in [3.05, 3.63) is 57.7 Å². The third kappa shape index (κ3) is 3.46. The zero-order valence-corrected chi connectivity index (χ0v) is 15.1. The number of benzene rings is 2. The van der Waals surface area contributed by atoms with Crippen LogP contribution in [0.5, 0.6) is 5.75 Å². The number of hydrogen-bond donors (Lipinski definition) is 1. The lowest BCUT2D eigenvalue weighted by molar-refractivity contribution is 0.102. The van der Waals surface area contributed by atoms with Gasteiger partial charge >= 0.3 is 0 Å². The normalized spacial score (nSPS) is 10.9. The molecule has 0 aliphatic heterocycles. The summed E-state index contributed by atoms with van der Waals surface area (Å²) in [5.74, 6) is -0.144. The van der Waals surface area contributed by atoms with Gasteiger partial charge in [-0.2, -0.15) is 0 Å². The van der Waals surface area contributed by atoms with E-state index in [1.807, 2.05) is 0 Å². The Labute approximate surface area is 153 Å². The second-order valence-corrected chi connectivity index (χ2v) is 6.72. The van der Waals surface area contributed by atoms with Gasteiger partial charge in [-0.15, -0.1) is 11.3 Å². The van der Waals surface area contributed by atoms with E-state index in [2.05, 4.69) is 5.32 Å². The van der Waals surface area contributed by atoms with Crippen molar-refractivity contribution in [2.45, 2.75) is 6.61 Å². The molecular weight excluding hydrogens is 365 g/mol. The van der Waals surface area contributed by atoms with Crippen LogP contribution in [0.25, 0.3) is 10.1 Å². The Morgan fingerprint density at radius 1 is 1.28 bits per heavy atom. The molecule has 0 fully saturated rings. The smallest absolute Gasteiger partial charge is 0.266 e. The lowest BCUT2D eigenvalue weighted by atomic mass is 10.1. The van der Waals surface area contributed by atoms with E-state index in [9.17, 15) is 9.18 Å². The van der Waals surface area contributed by atoms with Gasteiger partial charge in [0.2, 0.25) is 0 Å². The summed E-state index contributed by atoms with van der Waals surface area (Å²) in [7, 11) is 3.04. The van der Waals surface area contributed by atoms with Crippen molar-refractivity contribution in [3.8, 4) is 5.75 Å². The lowest BCUT2D eigenvalue weighted by Crippen LogP contribution is -2.13. The Kier molecular flexibility index (Phi) is 5.22. The monoisotopic (exact) mass is 379 g/mol. The molecule has 25 heavy (non-hydrogen) atoms. The van der Waals surface area contributed by atoms with Crippen molar-refractivity contribution in [1.82, 2.24) is 0 Å². The predicted molar refractivity (Wildman–Crippen MR) is 98.5 cm³/mol. The standard InChI is InChI=1S/C18H15ClFNO3S/c1-23-9-11-16-13(20)4-3-5-15(16)25-17(11)18(22)21-14-7-6-10(24-2)8-12(14)19/h3-8H,9H2,1-2H3,(H,21,22). The number of fused-ring (bicyclic) bond motifs is 1. The number of thiophene rings is 1. The number of rotatable bonds is 5. The molecule has 4 nitrogen and oxygen atoms in total. The van der Waals surface area contributed by atoms with E-state index in [0.29, 0.717) is 37.0 Å². The highest BCUT2D eigenvalue weighted by Gasteiger charge is 2.21. The maximum Gasteiger partial charge on any atom is 0.266 e. The fourth-order valence-electron chi connectivity index (χ4n) is 2.54. The van der Waals surface area contributed by atoms with Gasteiger partial charge in [-0.1, -0.05) is 17.7 Å². The van der Waals surface area contributed by atoms with Crippen LogP contribution in [0, 0.1) is 5.82 Å². The molecule has 0 radical (unpaired) electrons. The Balaban J connectivity index is 1.99. The summed E-state index contributed by atoms with van der Waals surface area (Å²) >= 11 is 7.39. The van der Waals surface area contributed by atoms with Crippen LogP contribution in [0.4, 0.5) is 10.1 Å². The van der Waals surface area contributed by atoms with E-state index in [1.54, 1.807) is 30.3 Å². The molecule has 0 spiro atoms. The molecule has 0 unspecified atom stereocenters. The van der Waals surface area contributed by atoms with Gasteiger partial charge in [0.15, 0.2) is 0 Å². The van der Waals surface area contributed by atoms with Gasteiger partial charge in [-0.25, -0.2) is 4.39 Å². The summed E-state index contributed by atoms with van der Waals surface area (Å²) in [6, 6.07) is 9.73. The molecule has 7 heteroatoms. The Hall–Kier alpha value is -2.15. The molecule has 0 aliphatic rings. The molecule has 130 valence electrons. The van der Waals surface area contributed by atoms with Crippen molar-refractivity contribution in [3.63, 3.8) is 0 Å². The van der Waals surface area contributed by atoms with Crippen LogP contribution in [0.2, 0.25) is 5.02 Å². The molecule has 1 aromatic heterocycles. The fourth-order valence-corrected chi connectivity index (χ4v) is 3.87. The minimum Gasteiger partial charge on any atom is -0.497 e. The lowest BCUT2D eigenvalue weighted by Gasteiger charge is -2.09. The number of hydrogen-bond acceptors (Lipinski definition) is 4. The first-order valence-corrected chi connectivity index (χ1v) is 8.58. The van der Waals surface area contributed by atoms with Crippen LogP contribution in [-0.4, -0.2) is 20.1 Å². The van der Waals surface area contributed by atoms with Crippen LogP contribution in [0.1, 0.15) is 15.2 Å². The topological polar surface area (TPSA) is 47.6 Å². The first-order valence-electron chi connectivity index (χ1n) is 7.39. The first kappa shape index (κ1) is 17.7. The Morgan fingerprint density at radius 3 is 2.76 bits per heavy atom. The number of carbonyl (C=O) groups excluding carboxylic acids is 1. The second-order valence-electron chi connectivity index (χ2n) is 5.26. The summed E-state index contributed by atoms with van der Waals surface area (Å²) < 4.78 is 25.2. The van der Waals surface area contributed by atoms with Gasteiger partial charge in [0.1, 0.15) is 11.6 Å². The largest absolute Gasteiger partial charge is 0.497 e. The van der Waals surface area contributed by atoms with Crippen LogP contribution in [-0.2, 0) is 11.3 Å². The summed E-state index contributed by atoms with van der Waals surface area (Å²) in [6.45, 7) is 0.139. The van der Waals surface area contributed by atoms with Crippen LogP contribution in [0.15, 0.2) is 36.4 Å². The zero-order valence-electron chi connectivity index (χ0n) is 13.6.